The Kier molecular flexibility index (Phi) is 7.98. The van der Waals surface area contributed by atoms with Crippen molar-refractivity contribution in [3.63, 3.8) is 0 Å². The molecule has 0 spiro atoms. The molecule has 0 bridgehead atoms. The second-order valence-electron chi connectivity index (χ2n) is 16.6. The predicted molar refractivity (Wildman–Crippen MR) is 272 cm³/mol. The Morgan fingerprint density at radius 1 is 0.400 bits per heavy atom. The van der Waals surface area contributed by atoms with Crippen molar-refractivity contribution in [2.24, 2.45) is 0 Å². The van der Waals surface area contributed by atoms with Crippen molar-refractivity contribution >= 4 is 107 Å². The number of benzene rings is 8. The van der Waals surface area contributed by atoms with Gasteiger partial charge in [-0.2, -0.15) is 0 Å². The van der Waals surface area contributed by atoms with E-state index >= 15 is 0 Å². The molecule has 0 aliphatic rings. The van der Waals surface area contributed by atoms with Crippen LogP contribution < -0.4 is 0 Å². The average molecular weight is 867 g/mol. The monoisotopic (exact) mass is 866 g/mol. The fraction of sp³-hybridized carbons (Fsp3) is 0.0175. The highest BCUT2D eigenvalue weighted by Gasteiger charge is 2.24. The first-order valence-electron chi connectivity index (χ1n) is 21.8. The number of aromatic nitrogens is 6. The Morgan fingerprint density at radius 3 is 1.45 bits per heavy atom. The lowest BCUT2D eigenvalue weighted by molar-refractivity contribution is 0.910. The molecule has 6 nitrogen and oxygen atoms in total. The second kappa shape index (κ2) is 14.2. The molecule has 0 saturated heterocycles. The first kappa shape index (κ1) is 36.4. The molecule has 6 aromatic heterocycles. The Bertz CT molecular complexity index is 4160. The van der Waals surface area contributed by atoms with Gasteiger partial charge in [0.15, 0.2) is 11.6 Å². The summed E-state index contributed by atoms with van der Waals surface area (Å²) in [7, 11) is 0. The molecule has 304 valence electrons. The minimum Gasteiger partial charge on any atom is -0.307 e. The molecule has 0 saturated carbocycles. The number of nitrogens with zero attached hydrogens (tertiary/aromatic N) is 6. The molecule has 0 unspecified atom stereocenters. The number of thiophene rings is 2. The van der Waals surface area contributed by atoms with Crippen molar-refractivity contribution in [3.8, 4) is 34.3 Å². The summed E-state index contributed by atoms with van der Waals surface area (Å²) in [6.45, 7) is 0. The predicted octanol–water partition coefficient (Wildman–Crippen LogP) is 15.1. The SMILES string of the molecule is c1ccc(-c2nc(Cc3cc(-n4c5ccccc5c5ccc6sc7ccccc7c6c54)cnc3-n3c4ccccc4c4ccc5sc6ccccc6c5c43)nc(-c3ccccc3)n2)cc1. The van der Waals surface area contributed by atoms with E-state index in [1.807, 2.05) is 59.1 Å². The first-order valence-corrected chi connectivity index (χ1v) is 23.4. The average Bonchev–Trinajstić information content (AvgIpc) is 4.12. The van der Waals surface area contributed by atoms with Gasteiger partial charge in [-0.15, -0.1) is 22.7 Å². The number of rotatable bonds is 6. The maximum atomic E-state index is 5.63. The zero-order chi connectivity index (χ0) is 42.6. The molecular weight excluding hydrogens is 833 g/mol. The van der Waals surface area contributed by atoms with Gasteiger partial charge in [-0.1, -0.05) is 146 Å². The van der Waals surface area contributed by atoms with E-state index < -0.39 is 0 Å². The molecule has 6 heterocycles. The van der Waals surface area contributed by atoms with Crippen LogP contribution in [-0.2, 0) is 6.42 Å². The van der Waals surface area contributed by atoms with Gasteiger partial charge in [-0.3, -0.25) is 4.57 Å². The zero-order valence-electron chi connectivity index (χ0n) is 34.7. The molecule has 8 heteroatoms. The molecule has 65 heavy (non-hydrogen) atoms. The summed E-state index contributed by atoms with van der Waals surface area (Å²) in [5.41, 5.74) is 8.41. The highest BCUT2D eigenvalue weighted by atomic mass is 32.1. The van der Waals surface area contributed by atoms with Crippen molar-refractivity contribution in [3.05, 3.63) is 206 Å². The van der Waals surface area contributed by atoms with Crippen LogP contribution in [0.4, 0.5) is 0 Å². The van der Waals surface area contributed by atoms with E-state index in [0.29, 0.717) is 23.9 Å². The molecule has 0 fully saturated rings. The van der Waals surface area contributed by atoms with E-state index in [4.69, 9.17) is 19.9 Å². The van der Waals surface area contributed by atoms with Crippen LogP contribution in [0.15, 0.2) is 194 Å². The van der Waals surface area contributed by atoms with Gasteiger partial charge in [0.1, 0.15) is 11.6 Å². The Hall–Kier alpha value is -8.04. The van der Waals surface area contributed by atoms with Crippen LogP contribution in [-0.4, -0.2) is 29.1 Å². The van der Waals surface area contributed by atoms with E-state index in [0.717, 1.165) is 44.7 Å². The fourth-order valence-corrected chi connectivity index (χ4v) is 12.3. The van der Waals surface area contributed by atoms with E-state index in [9.17, 15) is 0 Å². The number of fused-ring (bicyclic) bond motifs is 14. The standard InChI is InChI=1S/C57H34N6S2/c1-3-15-34(16-4-1)55-59-50(60-56(61-55)35-17-5-2-6-18-35)32-36-31-37(62-44-23-11-7-19-38(44)40-27-29-48-51(53(40)62)42-21-9-13-25-46(42)64-48)33-58-57(36)63-45-24-12-8-20-39(45)41-28-30-49-52(54(41)63)43-22-10-14-26-47(43)65-49/h1-31,33H,32H2. The Morgan fingerprint density at radius 2 is 0.877 bits per heavy atom. The van der Waals surface area contributed by atoms with E-state index in [1.54, 1.807) is 0 Å². The van der Waals surface area contributed by atoms with Crippen LogP contribution in [0.25, 0.3) is 118 Å². The van der Waals surface area contributed by atoms with Crippen LogP contribution in [0, 0.1) is 0 Å². The molecule has 8 aromatic carbocycles. The first-order chi connectivity index (χ1) is 32.2. The maximum Gasteiger partial charge on any atom is 0.163 e. The normalized spacial score (nSPS) is 12.1. The summed E-state index contributed by atoms with van der Waals surface area (Å²) < 4.78 is 9.88. The van der Waals surface area contributed by atoms with Crippen LogP contribution in [0.1, 0.15) is 11.4 Å². The fourth-order valence-electron chi connectivity index (χ4n) is 10.1. The number of pyridine rings is 1. The van der Waals surface area contributed by atoms with Gasteiger partial charge >= 0.3 is 0 Å². The summed E-state index contributed by atoms with van der Waals surface area (Å²) in [4.78, 5) is 21.2. The number of hydrogen-bond acceptors (Lipinski definition) is 6. The summed E-state index contributed by atoms with van der Waals surface area (Å²) in [5, 5.41) is 9.81. The Balaban J connectivity index is 1.09. The summed E-state index contributed by atoms with van der Waals surface area (Å²) in [6.07, 6.45) is 2.48. The summed E-state index contributed by atoms with van der Waals surface area (Å²) in [6, 6.07) is 66.9. The lowest BCUT2D eigenvalue weighted by Crippen LogP contribution is -2.09. The molecule has 14 rings (SSSR count). The molecular formula is C57H34N6S2. The molecule has 0 aliphatic heterocycles. The zero-order valence-corrected chi connectivity index (χ0v) is 36.3. The third-order valence-corrected chi connectivity index (χ3v) is 15.1. The smallest absolute Gasteiger partial charge is 0.163 e. The third kappa shape index (κ3) is 5.57. The molecule has 0 amide bonds. The minimum absolute atomic E-state index is 0.403. The highest BCUT2D eigenvalue weighted by Crippen LogP contribution is 2.45. The molecule has 0 atom stereocenters. The molecule has 14 aromatic rings. The van der Waals surface area contributed by atoms with Crippen LogP contribution in [0.5, 0.6) is 0 Å². The lowest BCUT2D eigenvalue weighted by Gasteiger charge is -2.17. The second-order valence-corrected chi connectivity index (χ2v) is 18.7. The van der Waals surface area contributed by atoms with Gasteiger partial charge in [0, 0.05) is 85.0 Å². The van der Waals surface area contributed by atoms with Crippen LogP contribution >= 0.6 is 22.7 Å². The van der Waals surface area contributed by atoms with Crippen molar-refractivity contribution in [1.82, 2.24) is 29.1 Å². The van der Waals surface area contributed by atoms with Gasteiger partial charge in [0.25, 0.3) is 0 Å². The van der Waals surface area contributed by atoms with Crippen LogP contribution in [0.3, 0.4) is 0 Å². The van der Waals surface area contributed by atoms with Crippen molar-refractivity contribution in [2.75, 3.05) is 0 Å². The molecule has 0 aliphatic carbocycles. The van der Waals surface area contributed by atoms with Crippen molar-refractivity contribution < 1.29 is 0 Å². The van der Waals surface area contributed by atoms with Gasteiger partial charge in [0.05, 0.1) is 34.0 Å². The van der Waals surface area contributed by atoms with Gasteiger partial charge < -0.3 is 4.57 Å². The van der Waals surface area contributed by atoms with Gasteiger partial charge in [-0.05, 0) is 42.5 Å². The number of para-hydroxylation sites is 2. The van der Waals surface area contributed by atoms with Crippen LogP contribution in [0.2, 0.25) is 0 Å². The maximum absolute atomic E-state index is 5.63. The molecule has 0 N–H and O–H groups in total. The minimum atomic E-state index is 0.403. The third-order valence-electron chi connectivity index (χ3n) is 12.8. The molecule has 0 radical (unpaired) electrons. The van der Waals surface area contributed by atoms with Crippen molar-refractivity contribution in [1.29, 1.82) is 0 Å². The topological polar surface area (TPSA) is 61.4 Å². The Labute approximate surface area is 380 Å². The lowest BCUT2D eigenvalue weighted by atomic mass is 10.1. The summed E-state index contributed by atoms with van der Waals surface area (Å²) >= 11 is 3.68. The van der Waals surface area contributed by atoms with E-state index in [1.165, 1.54) is 67.4 Å². The quantitative estimate of drug-likeness (QED) is 0.167. The van der Waals surface area contributed by atoms with E-state index in [2.05, 4.69) is 167 Å². The largest absolute Gasteiger partial charge is 0.307 e. The number of hydrogen-bond donors (Lipinski definition) is 0. The summed E-state index contributed by atoms with van der Waals surface area (Å²) in [5.74, 6) is 2.78. The van der Waals surface area contributed by atoms with E-state index in [-0.39, 0.29) is 0 Å². The highest BCUT2D eigenvalue weighted by molar-refractivity contribution is 7.26. The van der Waals surface area contributed by atoms with Gasteiger partial charge in [0.2, 0.25) is 0 Å². The van der Waals surface area contributed by atoms with Gasteiger partial charge in [-0.25, -0.2) is 19.9 Å². The van der Waals surface area contributed by atoms with Crippen molar-refractivity contribution in [2.45, 2.75) is 6.42 Å².